The Bertz CT molecular complexity index is 821. The number of hydrogen-bond acceptors (Lipinski definition) is 4. The maximum Gasteiger partial charge on any atom is 0.312 e. The van der Waals surface area contributed by atoms with Crippen LogP contribution in [0.4, 0.5) is 0 Å². The van der Waals surface area contributed by atoms with Crippen LogP contribution in [-0.4, -0.2) is 18.3 Å². The molecule has 0 aliphatic carbocycles. The van der Waals surface area contributed by atoms with Gasteiger partial charge in [0.25, 0.3) is 0 Å². The first kappa shape index (κ1) is 18.4. The lowest BCUT2D eigenvalue weighted by Crippen LogP contribution is -2.45. The van der Waals surface area contributed by atoms with Crippen molar-refractivity contribution in [3.63, 3.8) is 0 Å². The van der Waals surface area contributed by atoms with Gasteiger partial charge in [-0.3, -0.25) is 10.1 Å². The number of hydrogen-bond donors (Lipinski definition) is 1. The third kappa shape index (κ3) is 3.92. The van der Waals surface area contributed by atoms with Crippen LogP contribution < -0.4 is 4.72 Å². The van der Waals surface area contributed by atoms with Crippen molar-refractivity contribution in [2.75, 3.05) is 0 Å². The minimum Gasteiger partial charge on any atom is -0.263 e. The Morgan fingerprint density at radius 1 is 1.12 bits per heavy atom. The summed E-state index contributed by atoms with van der Waals surface area (Å²) < 4.78 is 27.6. The van der Waals surface area contributed by atoms with Crippen molar-refractivity contribution < 1.29 is 13.3 Å². The Balaban J connectivity index is 2.45. The zero-order chi connectivity index (χ0) is 18.0. The molecule has 0 fully saturated rings. The monoisotopic (exact) mass is 368 g/mol. The maximum absolute atomic E-state index is 12.6. The van der Waals surface area contributed by atoms with Gasteiger partial charge in [-0.2, -0.15) is 4.72 Å². The van der Waals surface area contributed by atoms with Crippen LogP contribution in [0.2, 0.25) is 0 Å². The number of nitrogens with one attached hydrogen (secondary N) is 1. The number of halogens is 1. The summed E-state index contributed by atoms with van der Waals surface area (Å²) >= 11 is 6.06. The second kappa shape index (κ2) is 6.88. The molecule has 0 spiro atoms. The summed E-state index contributed by atoms with van der Waals surface area (Å²) in [5, 5.41) is 11.3. The van der Waals surface area contributed by atoms with Gasteiger partial charge in [-0.25, -0.2) is 8.42 Å². The number of nitro groups is 1. The van der Waals surface area contributed by atoms with Crippen molar-refractivity contribution in [2.24, 2.45) is 0 Å². The highest BCUT2D eigenvalue weighted by atomic mass is 35.5. The van der Waals surface area contributed by atoms with Gasteiger partial charge in [-0.05, 0) is 36.2 Å². The van der Waals surface area contributed by atoms with Gasteiger partial charge in [0.15, 0.2) is 0 Å². The minimum absolute atomic E-state index is 0.0184. The number of alkyl halides is 1. The van der Waals surface area contributed by atoms with Crippen LogP contribution in [0.15, 0.2) is 59.5 Å². The van der Waals surface area contributed by atoms with Crippen molar-refractivity contribution in [1.29, 1.82) is 0 Å². The molecule has 0 aromatic heterocycles. The molecule has 2 rings (SSSR count). The third-order valence-corrected chi connectivity index (χ3v) is 5.42. The van der Waals surface area contributed by atoms with E-state index in [1.807, 2.05) is 6.92 Å². The minimum atomic E-state index is -3.98. The third-order valence-electron chi connectivity index (χ3n) is 3.62. The van der Waals surface area contributed by atoms with E-state index < -0.39 is 26.0 Å². The molecule has 0 aliphatic rings. The number of nitrogens with zero attached hydrogens (tertiary/aromatic N) is 1. The Kier molecular flexibility index (Phi) is 5.27. The summed E-state index contributed by atoms with van der Waals surface area (Å²) in [6, 6.07) is 13.2. The van der Waals surface area contributed by atoms with Gasteiger partial charge < -0.3 is 0 Å². The fourth-order valence-electron chi connectivity index (χ4n) is 2.17. The molecule has 128 valence electrons. The second-order valence-corrected chi connectivity index (χ2v) is 8.04. The molecule has 0 saturated carbocycles. The maximum atomic E-state index is 12.6. The molecule has 0 amide bonds. The summed E-state index contributed by atoms with van der Waals surface area (Å²) in [7, 11) is -3.98. The molecule has 2 atom stereocenters. The molecule has 0 heterocycles. The van der Waals surface area contributed by atoms with Crippen LogP contribution in [0.5, 0.6) is 0 Å². The highest BCUT2D eigenvalue weighted by molar-refractivity contribution is 7.89. The lowest BCUT2D eigenvalue weighted by Gasteiger charge is -2.26. The molecule has 1 N–H and O–H groups in total. The summed E-state index contributed by atoms with van der Waals surface area (Å²) in [4.78, 5) is 8.61. The topological polar surface area (TPSA) is 89.3 Å². The van der Waals surface area contributed by atoms with Crippen LogP contribution in [0.3, 0.4) is 0 Å². The second-order valence-electron chi connectivity index (χ2n) is 5.56. The average molecular weight is 369 g/mol. The SMILES string of the molecule is Cc1ccc(S(=O)(=O)NC(c2ccccc2)C(C)(Cl)[N+](=O)[O-])cc1. The highest BCUT2D eigenvalue weighted by Crippen LogP contribution is 2.33. The van der Waals surface area contributed by atoms with Crippen molar-refractivity contribution in [1.82, 2.24) is 4.72 Å². The van der Waals surface area contributed by atoms with Crippen LogP contribution in [0.25, 0.3) is 0 Å². The van der Waals surface area contributed by atoms with E-state index in [1.54, 1.807) is 42.5 Å². The Morgan fingerprint density at radius 2 is 1.67 bits per heavy atom. The van der Waals surface area contributed by atoms with Crippen molar-refractivity contribution in [2.45, 2.75) is 29.8 Å². The quantitative estimate of drug-likeness (QED) is 0.367. The predicted molar refractivity (Wildman–Crippen MR) is 91.9 cm³/mol. The summed E-state index contributed by atoms with van der Waals surface area (Å²) in [6.07, 6.45) is 0. The zero-order valence-corrected chi connectivity index (χ0v) is 14.7. The van der Waals surface area contributed by atoms with Crippen LogP contribution in [-0.2, 0) is 10.0 Å². The number of sulfonamides is 1. The first-order valence-electron chi connectivity index (χ1n) is 7.12. The van der Waals surface area contributed by atoms with E-state index in [9.17, 15) is 18.5 Å². The van der Waals surface area contributed by atoms with E-state index in [1.165, 1.54) is 19.1 Å². The van der Waals surface area contributed by atoms with E-state index in [2.05, 4.69) is 4.72 Å². The van der Waals surface area contributed by atoms with Gasteiger partial charge in [-0.1, -0.05) is 48.0 Å². The molecule has 0 aliphatic heterocycles. The molecule has 2 aromatic carbocycles. The van der Waals surface area contributed by atoms with Gasteiger partial charge >= 0.3 is 5.00 Å². The van der Waals surface area contributed by atoms with E-state index >= 15 is 0 Å². The largest absolute Gasteiger partial charge is 0.312 e. The van der Waals surface area contributed by atoms with Crippen molar-refractivity contribution in [3.05, 3.63) is 75.8 Å². The average Bonchev–Trinajstić information content (AvgIpc) is 2.53. The molecular formula is C16H17ClN2O4S. The Morgan fingerprint density at radius 3 is 2.17 bits per heavy atom. The summed E-state index contributed by atoms with van der Waals surface area (Å²) in [5.41, 5.74) is 1.31. The van der Waals surface area contributed by atoms with Gasteiger partial charge in [-0.15, -0.1) is 0 Å². The van der Waals surface area contributed by atoms with Crippen LogP contribution >= 0.6 is 11.6 Å². The molecule has 6 nitrogen and oxygen atoms in total. The van der Waals surface area contributed by atoms with Crippen molar-refractivity contribution >= 4 is 21.6 Å². The fourth-order valence-corrected chi connectivity index (χ4v) is 3.72. The number of aryl methyl sites for hydroxylation is 1. The Labute approximate surface area is 145 Å². The molecule has 24 heavy (non-hydrogen) atoms. The first-order chi connectivity index (χ1) is 11.1. The number of benzene rings is 2. The van der Waals surface area contributed by atoms with Crippen LogP contribution in [0.1, 0.15) is 24.1 Å². The van der Waals surface area contributed by atoms with Gasteiger partial charge in [0, 0.05) is 11.8 Å². The Hall–Kier alpha value is -1.96. The molecular weight excluding hydrogens is 352 g/mol. The molecule has 2 unspecified atom stereocenters. The summed E-state index contributed by atoms with van der Waals surface area (Å²) in [6.45, 7) is 3.00. The first-order valence-corrected chi connectivity index (χ1v) is 8.98. The molecule has 2 aromatic rings. The van der Waals surface area contributed by atoms with E-state index in [0.717, 1.165) is 5.56 Å². The number of rotatable bonds is 6. The lowest BCUT2D eigenvalue weighted by molar-refractivity contribution is -0.542. The van der Waals surface area contributed by atoms with E-state index in [-0.39, 0.29) is 4.90 Å². The standard InChI is InChI=1S/C16H17ClN2O4S/c1-12-8-10-14(11-9-12)24(22,23)18-15(16(2,17)19(20)21)13-6-4-3-5-7-13/h3-11,15,18H,1-2H3. The highest BCUT2D eigenvalue weighted by Gasteiger charge is 2.47. The summed E-state index contributed by atoms with van der Waals surface area (Å²) in [5.74, 6) is 0. The molecule has 0 bridgehead atoms. The van der Waals surface area contributed by atoms with Crippen LogP contribution in [0, 0.1) is 17.0 Å². The molecule has 8 heteroatoms. The predicted octanol–water partition coefficient (Wildman–Crippen LogP) is 3.25. The lowest BCUT2D eigenvalue weighted by atomic mass is 10.0. The van der Waals surface area contributed by atoms with Gasteiger partial charge in [0.2, 0.25) is 10.0 Å². The molecule has 0 saturated heterocycles. The van der Waals surface area contributed by atoms with Crippen molar-refractivity contribution in [3.8, 4) is 0 Å². The van der Waals surface area contributed by atoms with Gasteiger partial charge in [0.1, 0.15) is 6.04 Å². The normalized spacial score (nSPS) is 15.5. The van der Waals surface area contributed by atoms with Gasteiger partial charge in [0.05, 0.1) is 4.90 Å². The fraction of sp³-hybridized carbons (Fsp3) is 0.250. The smallest absolute Gasteiger partial charge is 0.263 e. The molecule has 0 radical (unpaired) electrons. The van der Waals surface area contributed by atoms with E-state index in [4.69, 9.17) is 11.6 Å². The van der Waals surface area contributed by atoms with E-state index in [0.29, 0.717) is 5.56 Å². The zero-order valence-electron chi connectivity index (χ0n) is 13.1.